The molecular weight excluding hydrogens is 179 g/mol. The van der Waals surface area contributed by atoms with Crippen LogP contribution in [0.25, 0.3) is 0 Å². The van der Waals surface area contributed by atoms with Crippen molar-refractivity contribution >= 4 is 0 Å². The first-order valence-electron chi connectivity index (χ1n) is 1.97. The molecule has 4 heteroatoms. The first-order chi connectivity index (χ1) is 3.29. The maximum Gasteiger partial charge on any atom is 0.0122 e. The first kappa shape index (κ1) is 8.11. The molecule has 1 rings (SSSR count). The molecule has 1 aromatic heterocycles. The fourth-order valence-corrected chi connectivity index (χ4v) is 0.395. The van der Waals surface area contributed by atoms with Gasteiger partial charge in [0.1, 0.15) is 0 Å². The molecule has 0 amide bonds. The fraction of sp³-hybridized carbons (Fsp3) is 0.250. The molecule has 0 fully saturated rings. The van der Waals surface area contributed by atoms with E-state index in [2.05, 4.69) is 17.2 Å². The molecule has 0 saturated heterocycles. The van der Waals surface area contributed by atoms with Crippen molar-refractivity contribution in [3.8, 4) is 0 Å². The first-order valence-corrected chi connectivity index (χ1v) is 1.97. The Kier molecular flexibility index (Phi) is 3.25. The molecule has 0 aliphatic heterocycles. The molecule has 3 nitrogen and oxygen atoms in total. The molecule has 0 unspecified atom stereocenters. The van der Waals surface area contributed by atoms with Crippen molar-refractivity contribution in [2.24, 2.45) is 7.05 Å². The largest absolute Gasteiger partial charge is 0.333 e. The number of aromatic nitrogens is 3. The summed E-state index contributed by atoms with van der Waals surface area (Å²) in [6, 6.07) is 0. The van der Waals surface area contributed by atoms with Gasteiger partial charge in [-0.25, -0.2) is 6.92 Å². The quantitative estimate of drug-likeness (QED) is 0.532. The Balaban J connectivity index is 0.000000490. The van der Waals surface area contributed by atoms with Crippen LogP contribution in [0.1, 0.15) is 5.69 Å². The van der Waals surface area contributed by atoms with E-state index in [-0.39, 0.29) is 32.7 Å². The molecule has 1 aromatic rings. The summed E-state index contributed by atoms with van der Waals surface area (Å²) in [6.45, 7) is 3.55. The van der Waals surface area contributed by atoms with E-state index in [4.69, 9.17) is 0 Å². The van der Waals surface area contributed by atoms with Gasteiger partial charge in [0.15, 0.2) is 0 Å². The maximum atomic E-state index is 3.62. The summed E-state index contributed by atoms with van der Waals surface area (Å²) in [5, 5.41) is 7.24. The summed E-state index contributed by atoms with van der Waals surface area (Å²) < 4.78 is 1.61. The van der Waals surface area contributed by atoms with Gasteiger partial charge >= 0.3 is 0 Å². The van der Waals surface area contributed by atoms with Gasteiger partial charge in [0.2, 0.25) is 0 Å². The van der Waals surface area contributed by atoms with Crippen molar-refractivity contribution in [1.82, 2.24) is 15.0 Å². The Morgan fingerprint density at radius 3 is 2.50 bits per heavy atom. The molecule has 1 heterocycles. The van der Waals surface area contributed by atoms with Crippen molar-refractivity contribution in [2.75, 3.05) is 0 Å². The average Bonchev–Trinajstić information content (AvgIpc) is 1.87. The van der Waals surface area contributed by atoms with Crippen LogP contribution in [-0.2, 0) is 39.8 Å². The molecule has 0 aromatic carbocycles. The fourth-order valence-electron chi connectivity index (χ4n) is 0.395. The average molecular weight is 185 g/mol. The number of hydrogen-bond acceptors (Lipinski definition) is 2. The second-order valence-electron chi connectivity index (χ2n) is 1.38. The van der Waals surface area contributed by atoms with Gasteiger partial charge in [0.05, 0.1) is 0 Å². The molecule has 1 radical (unpaired) electrons. The Morgan fingerprint density at radius 1 is 1.75 bits per heavy atom. The molecule has 0 atom stereocenters. The van der Waals surface area contributed by atoms with Crippen LogP contribution in [0.15, 0.2) is 6.20 Å². The summed E-state index contributed by atoms with van der Waals surface area (Å²) in [7, 11) is 1.81. The molecule has 0 N–H and O–H groups in total. The minimum absolute atomic E-state index is 0. The smallest absolute Gasteiger partial charge is 0.0122 e. The number of aryl methyl sites for hydroxylation is 1. The molecule has 0 bridgehead atoms. The van der Waals surface area contributed by atoms with Gasteiger partial charge in [-0.2, -0.15) is 5.10 Å². The van der Waals surface area contributed by atoms with Crippen LogP contribution in [0.4, 0.5) is 0 Å². The van der Waals surface area contributed by atoms with Crippen molar-refractivity contribution < 1.29 is 32.7 Å². The van der Waals surface area contributed by atoms with Gasteiger partial charge in [-0.1, -0.05) is 17.1 Å². The van der Waals surface area contributed by atoms with Crippen LogP contribution in [0.5, 0.6) is 0 Å². The normalized spacial score (nSPS) is 8.12. The topological polar surface area (TPSA) is 30.7 Å². The van der Waals surface area contributed by atoms with Crippen LogP contribution in [-0.4, -0.2) is 15.0 Å². The minimum Gasteiger partial charge on any atom is -0.333 e. The summed E-state index contributed by atoms with van der Waals surface area (Å²) in [5.74, 6) is 0. The van der Waals surface area contributed by atoms with Gasteiger partial charge in [-0.3, -0.25) is 0 Å². The van der Waals surface area contributed by atoms with Crippen molar-refractivity contribution in [3.63, 3.8) is 0 Å². The van der Waals surface area contributed by atoms with Gasteiger partial charge in [0, 0.05) is 39.8 Å². The van der Waals surface area contributed by atoms with Crippen LogP contribution in [0.2, 0.25) is 0 Å². The third-order valence-corrected chi connectivity index (χ3v) is 0.650. The van der Waals surface area contributed by atoms with E-state index >= 15 is 0 Å². The van der Waals surface area contributed by atoms with Crippen molar-refractivity contribution in [3.05, 3.63) is 18.8 Å². The summed E-state index contributed by atoms with van der Waals surface area (Å²) >= 11 is 0. The van der Waals surface area contributed by atoms with Gasteiger partial charge in [-0.05, 0) is 0 Å². The van der Waals surface area contributed by atoms with Gasteiger partial charge < -0.3 is 4.68 Å². The predicted molar refractivity (Wildman–Crippen MR) is 25.5 cm³/mol. The standard InChI is InChI=1S/C4H6N3.Y/c1-4-3-7(2)6-5-4;/h3H,1H2,2H3;/q-1;. The zero-order chi connectivity index (χ0) is 5.28. The number of rotatable bonds is 0. The summed E-state index contributed by atoms with van der Waals surface area (Å²) in [5.41, 5.74) is 0.711. The van der Waals surface area contributed by atoms with Crippen molar-refractivity contribution in [2.45, 2.75) is 0 Å². The Bertz CT molecular complexity index is 144. The van der Waals surface area contributed by atoms with Crippen LogP contribution in [0, 0.1) is 6.92 Å². The summed E-state index contributed by atoms with van der Waals surface area (Å²) in [6.07, 6.45) is 1.75. The van der Waals surface area contributed by atoms with E-state index in [1.807, 2.05) is 7.05 Å². The molecule has 0 saturated carbocycles. The Hall–Kier alpha value is 0.114. The number of nitrogens with zero attached hydrogens (tertiary/aromatic N) is 3. The van der Waals surface area contributed by atoms with E-state index < -0.39 is 0 Å². The molecule has 0 aliphatic rings. The third-order valence-electron chi connectivity index (χ3n) is 0.650. The minimum atomic E-state index is 0. The van der Waals surface area contributed by atoms with Crippen LogP contribution < -0.4 is 0 Å². The summed E-state index contributed by atoms with van der Waals surface area (Å²) in [4.78, 5) is 0. The SMILES string of the molecule is [CH2-]c1cn(C)nn1.[Y]. The Morgan fingerprint density at radius 2 is 2.38 bits per heavy atom. The molecule has 41 valence electrons. The zero-order valence-electron chi connectivity index (χ0n) is 4.70. The van der Waals surface area contributed by atoms with E-state index in [9.17, 15) is 0 Å². The van der Waals surface area contributed by atoms with Gasteiger partial charge in [-0.15, -0.1) is 0 Å². The monoisotopic (exact) mass is 185 g/mol. The molecular formula is C4H6N3Y-. The van der Waals surface area contributed by atoms with Crippen LogP contribution in [0.3, 0.4) is 0 Å². The Labute approximate surface area is 73.3 Å². The van der Waals surface area contributed by atoms with E-state index in [1.54, 1.807) is 10.9 Å². The third kappa shape index (κ3) is 1.92. The van der Waals surface area contributed by atoms with Gasteiger partial charge in [0.25, 0.3) is 0 Å². The molecule has 0 spiro atoms. The second kappa shape index (κ2) is 3.20. The van der Waals surface area contributed by atoms with E-state index in [1.165, 1.54) is 0 Å². The van der Waals surface area contributed by atoms with E-state index in [0.29, 0.717) is 5.69 Å². The molecule has 0 aliphatic carbocycles. The van der Waals surface area contributed by atoms with E-state index in [0.717, 1.165) is 0 Å². The zero-order valence-corrected chi connectivity index (χ0v) is 7.54. The maximum absolute atomic E-state index is 3.62. The second-order valence-corrected chi connectivity index (χ2v) is 1.38. The van der Waals surface area contributed by atoms with Crippen LogP contribution >= 0.6 is 0 Å². The number of hydrogen-bond donors (Lipinski definition) is 0. The predicted octanol–water partition coefficient (Wildman–Crippen LogP) is -0.00521. The van der Waals surface area contributed by atoms with Crippen molar-refractivity contribution in [1.29, 1.82) is 0 Å². The molecule has 8 heavy (non-hydrogen) atoms.